The van der Waals surface area contributed by atoms with Gasteiger partial charge in [0.25, 0.3) is 5.56 Å². The normalized spacial score (nSPS) is 12.3. The minimum absolute atomic E-state index is 0.184. The number of nitrogens with zero attached hydrogens (tertiary/aromatic N) is 1. The molecule has 1 heterocycles. The minimum Gasteiger partial charge on any atom is -0.494 e. The van der Waals surface area contributed by atoms with Crippen LogP contribution in [-0.4, -0.2) is 14.7 Å². The molecule has 20 heavy (non-hydrogen) atoms. The van der Waals surface area contributed by atoms with Crippen LogP contribution < -0.4 is 11.2 Å². The summed E-state index contributed by atoms with van der Waals surface area (Å²) in [7, 11) is 0. The predicted octanol–water partition coefficient (Wildman–Crippen LogP) is 2.07. The highest BCUT2D eigenvalue weighted by atomic mass is 35.5. The first-order chi connectivity index (χ1) is 9.47. The highest BCUT2D eigenvalue weighted by molar-refractivity contribution is 6.31. The van der Waals surface area contributed by atoms with Crippen LogP contribution in [0.3, 0.4) is 0 Å². The number of H-pyrrole nitrogens is 1. The molecule has 0 bridgehead atoms. The minimum atomic E-state index is -0.655. The molecule has 0 spiro atoms. The number of rotatable bonds is 3. The molecule has 0 aliphatic heterocycles. The quantitative estimate of drug-likeness (QED) is 0.910. The zero-order chi connectivity index (χ0) is 14.9. The molecule has 2 N–H and O–H groups in total. The molecule has 0 saturated heterocycles. The lowest BCUT2D eigenvalue weighted by Crippen LogP contribution is -2.34. The van der Waals surface area contributed by atoms with Crippen molar-refractivity contribution in [3.8, 4) is 5.88 Å². The van der Waals surface area contributed by atoms with Crippen molar-refractivity contribution in [2.75, 3.05) is 0 Å². The van der Waals surface area contributed by atoms with E-state index in [-0.39, 0.29) is 11.4 Å². The van der Waals surface area contributed by atoms with Gasteiger partial charge >= 0.3 is 5.69 Å². The maximum atomic E-state index is 12.0. The van der Waals surface area contributed by atoms with Crippen LogP contribution in [0.25, 0.3) is 0 Å². The molecular formula is C14H15ClN2O3. The fraction of sp³-hybridized carbons (Fsp3) is 0.286. The summed E-state index contributed by atoms with van der Waals surface area (Å²) in [5.41, 5.74) is -0.334. The third kappa shape index (κ3) is 2.36. The third-order valence-corrected chi connectivity index (χ3v) is 3.65. The van der Waals surface area contributed by atoms with Crippen molar-refractivity contribution >= 4 is 11.6 Å². The van der Waals surface area contributed by atoms with Crippen LogP contribution >= 0.6 is 11.6 Å². The van der Waals surface area contributed by atoms with Crippen LogP contribution in [-0.2, 0) is 6.42 Å². The van der Waals surface area contributed by atoms with Gasteiger partial charge in [-0.3, -0.25) is 14.3 Å². The average molecular weight is 295 g/mol. The summed E-state index contributed by atoms with van der Waals surface area (Å²) in [6.07, 6.45) is 0.330. The monoisotopic (exact) mass is 294 g/mol. The van der Waals surface area contributed by atoms with E-state index in [0.717, 1.165) is 4.57 Å². The summed E-state index contributed by atoms with van der Waals surface area (Å²) in [6, 6.07) is 6.58. The molecule has 0 fully saturated rings. The predicted molar refractivity (Wildman–Crippen MR) is 77.6 cm³/mol. The number of aromatic nitrogens is 2. The molecule has 0 amide bonds. The standard InChI is InChI=1S/C14H15ClN2O3/c1-3-9-12(18)16-14(20)17(13(9)19)8(2)10-6-4-5-7-11(10)15/h4-8,19H,3H2,1-2H3,(H,16,18,20). The first-order valence-corrected chi connectivity index (χ1v) is 6.66. The second-order valence-corrected chi connectivity index (χ2v) is 4.89. The van der Waals surface area contributed by atoms with E-state index in [1.165, 1.54) is 0 Å². The molecule has 106 valence electrons. The maximum Gasteiger partial charge on any atom is 0.331 e. The van der Waals surface area contributed by atoms with Gasteiger partial charge in [-0.25, -0.2) is 4.79 Å². The first kappa shape index (κ1) is 14.4. The summed E-state index contributed by atoms with van der Waals surface area (Å²) in [4.78, 5) is 25.8. The van der Waals surface area contributed by atoms with E-state index < -0.39 is 17.3 Å². The Kier molecular flexibility index (Phi) is 3.99. The van der Waals surface area contributed by atoms with Crippen LogP contribution in [0, 0.1) is 0 Å². The summed E-state index contributed by atoms with van der Waals surface area (Å²) >= 11 is 6.11. The molecule has 0 saturated carbocycles. The molecule has 0 radical (unpaired) electrons. The molecule has 0 aliphatic rings. The molecule has 0 aliphatic carbocycles. The number of nitrogens with one attached hydrogen (secondary N) is 1. The Balaban J connectivity index is 2.68. The topological polar surface area (TPSA) is 75.1 Å². The van der Waals surface area contributed by atoms with Gasteiger partial charge in [-0.05, 0) is 25.0 Å². The van der Waals surface area contributed by atoms with Gasteiger partial charge in [0.1, 0.15) is 0 Å². The van der Waals surface area contributed by atoms with E-state index >= 15 is 0 Å². The Labute approximate surface area is 120 Å². The second kappa shape index (κ2) is 5.54. The zero-order valence-corrected chi connectivity index (χ0v) is 11.9. The van der Waals surface area contributed by atoms with Crippen LogP contribution in [0.2, 0.25) is 5.02 Å². The van der Waals surface area contributed by atoms with E-state index in [1.807, 2.05) is 0 Å². The van der Waals surface area contributed by atoms with Gasteiger partial charge in [-0.2, -0.15) is 0 Å². The van der Waals surface area contributed by atoms with Gasteiger partial charge in [0.2, 0.25) is 5.88 Å². The Bertz CT molecular complexity index is 749. The molecule has 2 aromatic rings. The van der Waals surface area contributed by atoms with Crippen molar-refractivity contribution in [3.05, 3.63) is 61.3 Å². The number of aromatic amines is 1. The first-order valence-electron chi connectivity index (χ1n) is 6.28. The number of benzene rings is 1. The number of halogens is 1. The van der Waals surface area contributed by atoms with E-state index in [1.54, 1.807) is 38.1 Å². The number of aromatic hydroxyl groups is 1. The summed E-state index contributed by atoms with van der Waals surface area (Å²) in [6.45, 7) is 3.47. The molecule has 1 atom stereocenters. The molecule has 5 nitrogen and oxygen atoms in total. The number of hydrogen-bond donors (Lipinski definition) is 2. The molecule has 1 aromatic carbocycles. The maximum absolute atomic E-state index is 12.0. The van der Waals surface area contributed by atoms with E-state index in [9.17, 15) is 14.7 Å². The van der Waals surface area contributed by atoms with Crippen molar-refractivity contribution in [1.29, 1.82) is 0 Å². The molecule has 1 aromatic heterocycles. The SMILES string of the molecule is CCc1c(O)n(C(C)c2ccccc2Cl)c(=O)[nH]c1=O. The largest absolute Gasteiger partial charge is 0.494 e. The Hall–Kier alpha value is -2.01. The van der Waals surface area contributed by atoms with Crippen LogP contribution in [0.4, 0.5) is 0 Å². The molecule has 6 heteroatoms. The van der Waals surface area contributed by atoms with Gasteiger partial charge in [-0.15, -0.1) is 0 Å². The molecular weight excluding hydrogens is 280 g/mol. The molecule has 2 rings (SSSR count). The van der Waals surface area contributed by atoms with Crippen LogP contribution in [0.5, 0.6) is 5.88 Å². The Morgan fingerprint density at radius 2 is 2.00 bits per heavy atom. The third-order valence-electron chi connectivity index (χ3n) is 3.31. The highest BCUT2D eigenvalue weighted by Crippen LogP contribution is 2.27. The lowest BCUT2D eigenvalue weighted by molar-refractivity contribution is 0.382. The highest BCUT2D eigenvalue weighted by Gasteiger charge is 2.19. The number of hydrogen-bond acceptors (Lipinski definition) is 3. The van der Waals surface area contributed by atoms with Crippen molar-refractivity contribution in [3.63, 3.8) is 0 Å². The second-order valence-electron chi connectivity index (χ2n) is 4.48. The van der Waals surface area contributed by atoms with Gasteiger partial charge in [0.15, 0.2) is 0 Å². The summed E-state index contributed by atoms with van der Waals surface area (Å²) in [5.74, 6) is -0.311. The zero-order valence-electron chi connectivity index (χ0n) is 11.2. The van der Waals surface area contributed by atoms with E-state index in [2.05, 4.69) is 4.98 Å². The van der Waals surface area contributed by atoms with Gasteiger partial charge in [0, 0.05) is 5.02 Å². The van der Waals surface area contributed by atoms with Crippen molar-refractivity contribution < 1.29 is 5.11 Å². The van der Waals surface area contributed by atoms with E-state index in [4.69, 9.17) is 11.6 Å². The fourth-order valence-corrected chi connectivity index (χ4v) is 2.50. The molecule has 1 unspecified atom stereocenters. The van der Waals surface area contributed by atoms with Gasteiger partial charge in [-0.1, -0.05) is 36.7 Å². The van der Waals surface area contributed by atoms with Crippen LogP contribution in [0.15, 0.2) is 33.9 Å². The lowest BCUT2D eigenvalue weighted by Gasteiger charge is -2.19. The van der Waals surface area contributed by atoms with Gasteiger partial charge in [0.05, 0.1) is 11.6 Å². The Morgan fingerprint density at radius 1 is 1.35 bits per heavy atom. The summed E-state index contributed by atoms with van der Waals surface area (Å²) in [5, 5.41) is 10.7. The lowest BCUT2D eigenvalue weighted by atomic mass is 10.1. The smallest absolute Gasteiger partial charge is 0.331 e. The van der Waals surface area contributed by atoms with Crippen LogP contribution in [0.1, 0.15) is 31.0 Å². The van der Waals surface area contributed by atoms with Crippen molar-refractivity contribution in [2.45, 2.75) is 26.3 Å². The summed E-state index contributed by atoms with van der Waals surface area (Å²) < 4.78 is 1.14. The average Bonchev–Trinajstić information content (AvgIpc) is 2.39. The van der Waals surface area contributed by atoms with Crippen molar-refractivity contribution in [1.82, 2.24) is 9.55 Å². The van der Waals surface area contributed by atoms with Gasteiger partial charge < -0.3 is 5.11 Å². The van der Waals surface area contributed by atoms with Crippen molar-refractivity contribution in [2.24, 2.45) is 0 Å². The van der Waals surface area contributed by atoms with E-state index in [0.29, 0.717) is 17.0 Å². The Morgan fingerprint density at radius 3 is 2.60 bits per heavy atom. The fourth-order valence-electron chi connectivity index (χ4n) is 2.21.